The molecule has 1 heterocycles. The van der Waals surface area contributed by atoms with Crippen LogP contribution in [0.1, 0.15) is 54.4 Å². The molecule has 0 unspecified atom stereocenters. The lowest BCUT2D eigenvalue weighted by Crippen LogP contribution is -2.26. The van der Waals surface area contributed by atoms with E-state index in [1.54, 1.807) is 0 Å². The van der Waals surface area contributed by atoms with E-state index in [0.717, 1.165) is 49.3 Å². The fourth-order valence-corrected chi connectivity index (χ4v) is 3.84. The van der Waals surface area contributed by atoms with Crippen molar-refractivity contribution in [2.45, 2.75) is 50.9 Å². The van der Waals surface area contributed by atoms with E-state index < -0.39 is 58.7 Å². The van der Waals surface area contributed by atoms with Crippen molar-refractivity contribution < 1.29 is 65.1 Å². The molecule has 2 aromatic rings. The van der Waals surface area contributed by atoms with E-state index in [4.69, 9.17) is 23.7 Å². The second-order valence-corrected chi connectivity index (χ2v) is 9.43. The van der Waals surface area contributed by atoms with Crippen molar-refractivity contribution in [3.8, 4) is 23.0 Å². The van der Waals surface area contributed by atoms with Gasteiger partial charge in [0.25, 0.3) is 0 Å². The van der Waals surface area contributed by atoms with Crippen molar-refractivity contribution in [3.05, 3.63) is 72.8 Å². The molecule has 0 bridgehead atoms. The van der Waals surface area contributed by atoms with Gasteiger partial charge in [-0.25, -0.2) is 14.4 Å². The molecule has 0 aromatic heterocycles. The molecule has 14 heteroatoms. The summed E-state index contributed by atoms with van der Waals surface area (Å²) in [7, 11) is 0. The summed E-state index contributed by atoms with van der Waals surface area (Å²) in [6, 6.07) is 6.53. The number of fused-ring (bicyclic) bond motifs is 1. The second kappa shape index (κ2) is 16.4. The highest BCUT2D eigenvalue weighted by molar-refractivity contribution is 5.94. The van der Waals surface area contributed by atoms with Crippen LogP contribution in [0, 0.1) is 0 Å². The van der Waals surface area contributed by atoms with Gasteiger partial charge in [0.2, 0.25) is 5.75 Å². The van der Waals surface area contributed by atoms with Crippen LogP contribution in [-0.4, -0.2) is 50.6 Å². The minimum Gasteiger partial charge on any atom is -0.494 e. The van der Waals surface area contributed by atoms with Gasteiger partial charge in [0.15, 0.2) is 11.5 Å². The Morgan fingerprint density at radius 3 is 1.87 bits per heavy atom. The van der Waals surface area contributed by atoms with E-state index in [1.807, 2.05) is 0 Å². The molecule has 1 aliphatic rings. The van der Waals surface area contributed by atoms with Gasteiger partial charge >= 0.3 is 30.3 Å². The molecular weight excluding hydrogens is 608 g/mol. The Balaban J connectivity index is 1.54. The Kier molecular flexibility index (Phi) is 12.6. The number of benzene rings is 2. The van der Waals surface area contributed by atoms with E-state index in [9.17, 15) is 23.2 Å². The number of carbonyl (C=O) groups excluding carboxylic acids is 3. The summed E-state index contributed by atoms with van der Waals surface area (Å²) in [6.07, 6.45) is -2.56. The average molecular weight is 641 g/mol. The maximum Gasteiger partial charge on any atom is 0.586 e. The first-order valence-electron chi connectivity index (χ1n) is 13.9. The molecule has 0 radical (unpaired) electrons. The lowest BCUT2D eigenvalue weighted by atomic mass is 10.1. The zero-order valence-electron chi connectivity index (χ0n) is 24.2. The van der Waals surface area contributed by atoms with Gasteiger partial charge in [0.1, 0.15) is 11.3 Å². The molecule has 3 rings (SSSR count). The van der Waals surface area contributed by atoms with Gasteiger partial charge in [-0.05, 0) is 74.9 Å². The van der Waals surface area contributed by atoms with E-state index >= 15 is 8.78 Å². The molecule has 244 valence electrons. The number of ether oxygens (including phenoxy) is 7. The fourth-order valence-electron chi connectivity index (χ4n) is 3.84. The molecule has 0 spiro atoms. The van der Waals surface area contributed by atoms with E-state index in [2.05, 4.69) is 22.6 Å². The second-order valence-electron chi connectivity index (χ2n) is 9.43. The van der Waals surface area contributed by atoms with Crippen LogP contribution in [0.15, 0.2) is 61.7 Å². The van der Waals surface area contributed by atoms with Crippen molar-refractivity contribution >= 4 is 17.9 Å². The normalized spacial score (nSPS) is 13.0. The summed E-state index contributed by atoms with van der Waals surface area (Å²) in [5.41, 5.74) is -1.10. The third kappa shape index (κ3) is 10.7. The van der Waals surface area contributed by atoms with Gasteiger partial charge in [0.05, 0.1) is 32.0 Å². The highest BCUT2D eigenvalue weighted by atomic mass is 19.3. The highest BCUT2D eigenvalue weighted by Gasteiger charge is 2.48. The average Bonchev–Trinajstić information content (AvgIpc) is 3.35. The first kappa shape index (κ1) is 34.7. The molecular formula is C31H32F4O10. The predicted molar refractivity (Wildman–Crippen MR) is 149 cm³/mol. The smallest absolute Gasteiger partial charge is 0.494 e. The predicted octanol–water partition coefficient (Wildman–Crippen LogP) is 6.47. The van der Waals surface area contributed by atoms with Gasteiger partial charge in [-0.1, -0.05) is 13.2 Å². The molecule has 0 N–H and O–H groups in total. The monoisotopic (exact) mass is 640 g/mol. The van der Waals surface area contributed by atoms with Crippen LogP contribution in [0.5, 0.6) is 23.0 Å². The van der Waals surface area contributed by atoms with Crippen LogP contribution in [-0.2, 0) is 29.9 Å². The number of carbonyl (C=O) groups is 3. The van der Waals surface area contributed by atoms with Gasteiger partial charge in [0, 0.05) is 12.2 Å². The zero-order valence-corrected chi connectivity index (χ0v) is 24.2. The van der Waals surface area contributed by atoms with E-state index in [-0.39, 0.29) is 19.6 Å². The number of esters is 3. The standard InChI is InChI=1S/C31H32F4O10/c1-3-25(36)40-18-8-6-5-7-17-39-22-13-11-21(12-14-22)30(32,33)43-24-16-15-23(27-28(24)45-31(34,35)44-27)29(38)42-20-10-9-19-41-26(37)4-2/h3-4,11-16H,1-2,5-10,17-20H2. The number of hydrogen-bond acceptors (Lipinski definition) is 10. The summed E-state index contributed by atoms with van der Waals surface area (Å²) < 4.78 is 91.9. The Morgan fingerprint density at radius 2 is 1.27 bits per heavy atom. The Hall–Kier alpha value is -4.75. The first-order chi connectivity index (χ1) is 21.5. The van der Waals surface area contributed by atoms with Gasteiger partial charge in [-0.15, -0.1) is 8.78 Å². The summed E-state index contributed by atoms with van der Waals surface area (Å²) >= 11 is 0. The quantitative estimate of drug-likeness (QED) is 0.0556. The summed E-state index contributed by atoms with van der Waals surface area (Å²) in [4.78, 5) is 34.5. The van der Waals surface area contributed by atoms with Crippen LogP contribution in [0.3, 0.4) is 0 Å². The maximum absolute atomic E-state index is 15.0. The third-order valence-electron chi connectivity index (χ3n) is 6.07. The van der Waals surface area contributed by atoms with Crippen molar-refractivity contribution in [2.75, 3.05) is 26.4 Å². The van der Waals surface area contributed by atoms with E-state index in [0.29, 0.717) is 38.2 Å². The molecule has 2 aromatic carbocycles. The lowest BCUT2D eigenvalue weighted by Gasteiger charge is -2.20. The molecule has 10 nitrogen and oxygen atoms in total. The molecule has 0 atom stereocenters. The zero-order chi connectivity index (χ0) is 32.9. The van der Waals surface area contributed by atoms with Crippen molar-refractivity contribution in [3.63, 3.8) is 0 Å². The largest absolute Gasteiger partial charge is 0.586 e. The van der Waals surface area contributed by atoms with Gasteiger partial charge < -0.3 is 33.2 Å². The number of rotatable bonds is 19. The topological polar surface area (TPSA) is 116 Å². The van der Waals surface area contributed by atoms with Crippen molar-refractivity contribution in [1.82, 2.24) is 0 Å². The molecule has 1 aliphatic heterocycles. The summed E-state index contributed by atoms with van der Waals surface area (Å²) in [6.45, 7) is 7.09. The Labute approximate surface area is 256 Å². The van der Waals surface area contributed by atoms with E-state index in [1.165, 1.54) is 12.1 Å². The summed E-state index contributed by atoms with van der Waals surface area (Å²) in [5.74, 6) is -4.35. The van der Waals surface area contributed by atoms with Crippen LogP contribution in [0.4, 0.5) is 17.6 Å². The maximum atomic E-state index is 15.0. The molecule has 0 fully saturated rings. The lowest BCUT2D eigenvalue weighted by molar-refractivity contribution is -0.287. The Morgan fingerprint density at radius 1 is 0.733 bits per heavy atom. The van der Waals surface area contributed by atoms with Crippen molar-refractivity contribution in [2.24, 2.45) is 0 Å². The first-order valence-corrected chi connectivity index (χ1v) is 13.9. The molecule has 0 aliphatic carbocycles. The SMILES string of the molecule is C=CC(=O)OCCCCCCOc1ccc(C(F)(F)Oc2ccc(C(=O)OCCCCOC(=O)C=C)c3c2OC(F)(F)O3)cc1. The molecule has 0 saturated carbocycles. The molecule has 0 amide bonds. The van der Waals surface area contributed by atoms with Crippen LogP contribution in [0.2, 0.25) is 0 Å². The Bertz CT molecular complexity index is 1340. The minimum absolute atomic E-state index is 0.0518. The summed E-state index contributed by atoms with van der Waals surface area (Å²) in [5, 5.41) is 0. The number of halogens is 4. The number of unbranched alkanes of at least 4 members (excludes halogenated alkanes) is 4. The minimum atomic E-state index is -4.25. The van der Waals surface area contributed by atoms with Crippen molar-refractivity contribution in [1.29, 1.82) is 0 Å². The van der Waals surface area contributed by atoms with Gasteiger partial charge in [-0.3, -0.25) is 0 Å². The fraction of sp³-hybridized carbons (Fsp3) is 0.387. The van der Waals surface area contributed by atoms with Crippen LogP contribution in [0.25, 0.3) is 0 Å². The van der Waals surface area contributed by atoms with Gasteiger partial charge in [-0.2, -0.15) is 8.78 Å². The molecule has 0 saturated heterocycles. The molecule has 45 heavy (non-hydrogen) atoms. The third-order valence-corrected chi connectivity index (χ3v) is 6.07. The highest BCUT2D eigenvalue weighted by Crippen LogP contribution is 2.51. The number of hydrogen-bond donors (Lipinski definition) is 0. The van der Waals surface area contributed by atoms with Crippen LogP contribution >= 0.6 is 0 Å². The number of alkyl halides is 4. The van der Waals surface area contributed by atoms with Crippen LogP contribution < -0.4 is 18.9 Å².